The van der Waals surface area contributed by atoms with Crippen LogP contribution >= 0.6 is 0 Å². The molecule has 13 heteroatoms. The number of rotatable bonds is 6. The van der Waals surface area contributed by atoms with Crippen LogP contribution in [-0.2, 0) is 9.47 Å². The van der Waals surface area contributed by atoms with Crippen LogP contribution in [0.2, 0.25) is 0 Å². The van der Waals surface area contributed by atoms with Gasteiger partial charge in [0.25, 0.3) is 11.4 Å². The van der Waals surface area contributed by atoms with E-state index in [-0.39, 0.29) is 0 Å². The average Bonchev–Trinajstić information content (AvgIpc) is 2.74. The van der Waals surface area contributed by atoms with Crippen molar-refractivity contribution in [2.24, 2.45) is 0 Å². The van der Waals surface area contributed by atoms with Crippen LogP contribution in [0.1, 0.15) is 28.6 Å². The summed E-state index contributed by atoms with van der Waals surface area (Å²) in [5.41, 5.74) is -2.14. The van der Waals surface area contributed by atoms with E-state index in [1.54, 1.807) is 0 Å². The first kappa shape index (κ1) is 20.8. The average molecular weight is 419 g/mol. The number of nitro groups is 3. The van der Waals surface area contributed by atoms with Gasteiger partial charge in [-0.2, -0.15) is 0 Å². The van der Waals surface area contributed by atoms with E-state index in [4.69, 9.17) is 14.2 Å². The van der Waals surface area contributed by atoms with Gasteiger partial charge in [-0.05, 0) is 18.6 Å². The van der Waals surface area contributed by atoms with Gasteiger partial charge < -0.3 is 14.2 Å². The van der Waals surface area contributed by atoms with Gasteiger partial charge in [-0.1, -0.05) is 0 Å². The monoisotopic (exact) mass is 419 g/mol. The lowest BCUT2D eigenvalue weighted by molar-refractivity contribution is -0.394. The lowest BCUT2D eigenvalue weighted by atomic mass is 10.1. The van der Waals surface area contributed by atoms with E-state index in [1.807, 2.05) is 0 Å². The molecule has 0 amide bonds. The molecule has 0 spiro atoms. The number of carbonyl (C=O) groups excluding carboxylic acids is 1. The molecule has 0 aromatic heterocycles. The summed E-state index contributed by atoms with van der Waals surface area (Å²) >= 11 is 0. The molecule has 0 bridgehead atoms. The maximum absolute atomic E-state index is 12.4. The highest BCUT2D eigenvalue weighted by Gasteiger charge is 2.26. The molecule has 0 saturated carbocycles. The van der Waals surface area contributed by atoms with Gasteiger partial charge in [0.15, 0.2) is 6.29 Å². The van der Waals surface area contributed by atoms with E-state index in [9.17, 15) is 35.1 Å². The highest BCUT2D eigenvalue weighted by atomic mass is 16.7. The van der Waals surface area contributed by atoms with E-state index in [0.29, 0.717) is 31.3 Å². The number of nitro benzene ring substituents is 3. The van der Waals surface area contributed by atoms with E-state index < -0.39 is 55.4 Å². The van der Waals surface area contributed by atoms with Crippen molar-refractivity contribution in [3.05, 3.63) is 77.9 Å². The third kappa shape index (κ3) is 4.53. The maximum atomic E-state index is 12.4. The van der Waals surface area contributed by atoms with Crippen LogP contribution in [0.4, 0.5) is 17.1 Å². The lowest BCUT2D eigenvalue weighted by Crippen LogP contribution is -2.18. The summed E-state index contributed by atoms with van der Waals surface area (Å²) in [6.45, 7) is 0.835. The van der Waals surface area contributed by atoms with Crippen molar-refractivity contribution >= 4 is 23.0 Å². The molecule has 0 aliphatic carbocycles. The van der Waals surface area contributed by atoms with Crippen LogP contribution < -0.4 is 4.74 Å². The number of esters is 1. The van der Waals surface area contributed by atoms with Gasteiger partial charge in [-0.25, -0.2) is 4.79 Å². The Kier molecular flexibility index (Phi) is 5.94. The van der Waals surface area contributed by atoms with Crippen LogP contribution in [0.15, 0.2) is 36.4 Å². The summed E-state index contributed by atoms with van der Waals surface area (Å²) < 4.78 is 15.8. The molecule has 3 rings (SSSR count). The first-order valence-corrected chi connectivity index (χ1v) is 8.44. The zero-order chi connectivity index (χ0) is 21.8. The third-order valence-electron chi connectivity index (χ3n) is 4.04. The second-order valence-corrected chi connectivity index (χ2v) is 6.05. The molecule has 2 aromatic carbocycles. The van der Waals surface area contributed by atoms with Crippen molar-refractivity contribution in [1.82, 2.24) is 0 Å². The molecule has 1 heterocycles. The summed E-state index contributed by atoms with van der Waals surface area (Å²) in [4.78, 5) is 43.1. The van der Waals surface area contributed by atoms with Crippen molar-refractivity contribution in [3.8, 4) is 5.75 Å². The van der Waals surface area contributed by atoms with E-state index in [2.05, 4.69) is 0 Å². The molecule has 156 valence electrons. The largest absolute Gasteiger partial charge is 0.416 e. The maximum Gasteiger partial charge on any atom is 0.344 e. The summed E-state index contributed by atoms with van der Waals surface area (Å²) in [5, 5.41) is 33.3. The minimum absolute atomic E-state index is 0.340. The fourth-order valence-corrected chi connectivity index (χ4v) is 2.67. The second-order valence-electron chi connectivity index (χ2n) is 6.05. The summed E-state index contributed by atoms with van der Waals surface area (Å²) in [6, 6.07) is 5.91. The van der Waals surface area contributed by atoms with E-state index in [0.717, 1.165) is 24.3 Å². The smallest absolute Gasteiger partial charge is 0.344 e. The predicted molar refractivity (Wildman–Crippen MR) is 97.1 cm³/mol. The van der Waals surface area contributed by atoms with E-state index in [1.165, 1.54) is 6.07 Å². The number of carbonyl (C=O) groups is 1. The SMILES string of the molecule is O=C(Oc1ccc(C2OCCCO2)cc1[N+](=O)[O-])c1cc([N+](=O)[O-])cc([N+](=O)[O-])c1. The Labute approximate surface area is 167 Å². The molecular weight excluding hydrogens is 406 g/mol. The minimum atomic E-state index is -1.23. The Morgan fingerprint density at radius 1 is 0.900 bits per heavy atom. The molecule has 0 unspecified atom stereocenters. The minimum Gasteiger partial charge on any atom is -0.416 e. The van der Waals surface area contributed by atoms with Crippen LogP contribution in [0, 0.1) is 30.3 Å². The summed E-state index contributed by atoms with van der Waals surface area (Å²) in [7, 11) is 0. The molecule has 1 fully saturated rings. The lowest BCUT2D eigenvalue weighted by Gasteiger charge is -2.23. The number of benzene rings is 2. The van der Waals surface area contributed by atoms with Gasteiger partial charge in [-0.3, -0.25) is 30.3 Å². The van der Waals surface area contributed by atoms with Gasteiger partial charge in [0.1, 0.15) is 0 Å². The van der Waals surface area contributed by atoms with Crippen molar-refractivity contribution in [1.29, 1.82) is 0 Å². The Morgan fingerprint density at radius 3 is 2.03 bits per heavy atom. The number of hydrogen-bond donors (Lipinski definition) is 0. The Bertz CT molecular complexity index is 1000. The molecular formula is C17H13N3O10. The summed E-state index contributed by atoms with van der Waals surface area (Å²) in [5.74, 6) is -1.68. The molecule has 0 atom stereocenters. The zero-order valence-electron chi connectivity index (χ0n) is 15.1. The fraction of sp³-hybridized carbons (Fsp3) is 0.235. The normalized spacial score (nSPS) is 14.1. The van der Waals surface area contributed by atoms with Gasteiger partial charge in [0.2, 0.25) is 5.75 Å². The molecule has 30 heavy (non-hydrogen) atoms. The zero-order valence-corrected chi connectivity index (χ0v) is 15.1. The fourth-order valence-electron chi connectivity index (χ4n) is 2.67. The van der Waals surface area contributed by atoms with Crippen molar-refractivity contribution < 1.29 is 33.8 Å². The van der Waals surface area contributed by atoms with Crippen molar-refractivity contribution in [3.63, 3.8) is 0 Å². The second kappa shape index (κ2) is 8.59. The Hall–Kier alpha value is -3.97. The highest BCUT2D eigenvalue weighted by Crippen LogP contribution is 2.33. The number of hydrogen-bond acceptors (Lipinski definition) is 10. The standard InChI is InChI=1S/C17H13N3O10/c21-16(11-6-12(18(22)23)9-13(7-11)19(24)25)30-15-3-2-10(8-14(15)20(26)27)17-28-4-1-5-29-17/h2-3,6-9,17H,1,4-5H2. The van der Waals surface area contributed by atoms with Gasteiger partial charge in [0, 0.05) is 23.8 Å². The third-order valence-corrected chi connectivity index (χ3v) is 4.04. The topological polar surface area (TPSA) is 174 Å². The van der Waals surface area contributed by atoms with Gasteiger partial charge in [-0.15, -0.1) is 0 Å². The van der Waals surface area contributed by atoms with Crippen molar-refractivity contribution in [2.45, 2.75) is 12.7 Å². The Morgan fingerprint density at radius 2 is 1.50 bits per heavy atom. The van der Waals surface area contributed by atoms with E-state index >= 15 is 0 Å². The molecule has 0 N–H and O–H groups in total. The quantitative estimate of drug-likeness (QED) is 0.293. The number of ether oxygens (including phenoxy) is 3. The van der Waals surface area contributed by atoms with Crippen LogP contribution in [0.3, 0.4) is 0 Å². The molecule has 2 aromatic rings. The van der Waals surface area contributed by atoms with Crippen LogP contribution in [-0.4, -0.2) is 34.0 Å². The highest BCUT2D eigenvalue weighted by molar-refractivity contribution is 5.93. The number of nitrogens with zero attached hydrogens (tertiary/aromatic N) is 3. The molecule has 1 aliphatic rings. The first-order valence-electron chi connectivity index (χ1n) is 8.44. The van der Waals surface area contributed by atoms with Gasteiger partial charge >= 0.3 is 11.7 Å². The van der Waals surface area contributed by atoms with Gasteiger partial charge in [0.05, 0.1) is 39.6 Å². The molecule has 1 aliphatic heterocycles. The number of non-ortho nitro benzene ring substituents is 2. The molecule has 13 nitrogen and oxygen atoms in total. The van der Waals surface area contributed by atoms with Crippen LogP contribution in [0.5, 0.6) is 5.75 Å². The predicted octanol–water partition coefficient (Wildman–Crippen LogP) is 3.07. The Balaban J connectivity index is 1.91. The van der Waals surface area contributed by atoms with Crippen LogP contribution in [0.25, 0.3) is 0 Å². The molecule has 1 saturated heterocycles. The summed E-state index contributed by atoms with van der Waals surface area (Å²) in [6.07, 6.45) is -0.120. The first-order chi connectivity index (χ1) is 14.3. The van der Waals surface area contributed by atoms with Crippen molar-refractivity contribution in [2.75, 3.05) is 13.2 Å². The molecule has 0 radical (unpaired) electrons.